The molecule has 2 heterocycles. The summed E-state index contributed by atoms with van der Waals surface area (Å²) in [6, 6.07) is 3.17. The maximum atomic E-state index is 12.2. The van der Waals surface area contributed by atoms with Gasteiger partial charge in [0.2, 0.25) is 5.09 Å². The lowest BCUT2D eigenvalue weighted by molar-refractivity contribution is 0.134. The first-order valence-electron chi connectivity index (χ1n) is 6.76. The number of furan rings is 1. The Morgan fingerprint density at radius 2 is 1.95 bits per heavy atom. The molecule has 114 valence electrons. The van der Waals surface area contributed by atoms with E-state index >= 15 is 0 Å². The van der Waals surface area contributed by atoms with Crippen molar-refractivity contribution in [2.75, 3.05) is 39.8 Å². The molecular formula is C12H22N4O3S. The van der Waals surface area contributed by atoms with Gasteiger partial charge in [0.15, 0.2) is 0 Å². The number of piperazine rings is 1. The molecule has 1 saturated heterocycles. The van der Waals surface area contributed by atoms with Crippen molar-refractivity contribution in [1.82, 2.24) is 20.1 Å². The summed E-state index contributed by atoms with van der Waals surface area (Å²) in [6.45, 7) is 6.33. The van der Waals surface area contributed by atoms with Crippen LogP contribution >= 0.6 is 0 Å². The van der Waals surface area contributed by atoms with Gasteiger partial charge in [-0.1, -0.05) is 6.92 Å². The number of rotatable bonds is 6. The van der Waals surface area contributed by atoms with E-state index < -0.39 is 10.0 Å². The van der Waals surface area contributed by atoms with E-state index in [1.165, 1.54) is 6.07 Å². The van der Waals surface area contributed by atoms with Gasteiger partial charge in [0.1, 0.15) is 5.76 Å². The van der Waals surface area contributed by atoms with Crippen molar-refractivity contribution in [2.24, 2.45) is 0 Å². The molecule has 1 aromatic heterocycles. The van der Waals surface area contributed by atoms with Crippen LogP contribution < -0.4 is 10.1 Å². The van der Waals surface area contributed by atoms with E-state index in [1.807, 2.05) is 14.0 Å². The monoisotopic (exact) mass is 302 g/mol. The molecule has 8 heteroatoms. The zero-order valence-electron chi connectivity index (χ0n) is 11.9. The zero-order chi connectivity index (χ0) is 14.6. The van der Waals surface area contributed by atoms with Crippen molar-refractivity contribution in [3.05, 3.63) is 17.9 Å². The van der Waals surface area contributed by atoms with E-state index in [9.17, 15) is 8.42 Å². The number of nitrogens with one attached hydrogen (secondary N) is 2. The standard InChI is InChI=1S/C12H22N4O3S/c1-3-13-10-11-4-5-12(19-11)20(17,18)14-16-8-6-15(2)7-9-16/h4-5,13-14H,3,6-10H2,1-2H3. The maximum absolute atomic E-state index is 12.2. The van der Waals surface area contributed by atoms with Crippen LogP contribution in [0.1, 0.15) is 12.7 Å². The van der Waals surface area contributed by atoms with Crippen molar-refractivity contribution in [3.8, 4) is 0 Å². The Bertz CT molecular complexity index is 521. The zero-order valence-corrected chi connectivity index (χ0v) is 12.7. The third-order valence-corrected chi connectivity index (χ3v) is 4.45. The third kappa shape index (κ3) is 4.03. The summed E-state index contributed by atoms with van der Waals surface area (Å²) in [6.07, 6.45) is 0. The van der Waals surface area contributed by atoms with Crippen molar-refractivity contribution < 1.29 is 12.8 Å². The van der Waals surface area contributed by atoms with Gasteiger partial charge in [0.25, 0.3) is 10.0 Å². The van der Waals surface area contributed by atoms with E-state index in [2.05, 4.69) is 15.0 Å². The van der Waals surface area contributed by atoms with E-state index in [-0.39, 0.29) is 5.09 Å². The highest BCUT2D eigenvalue weighted by Gasteiger charge is 2.24. The molecule has 2 rings (SSSR count). The van der Waals surface area contributed by atoms with Gasteiger partial charge >= 0.3 is 0 Å². The Hall–Kier alpha value is -0.930. The van der Waals surface area contributed by atoms with Crippen molar-refractivity contribution in [1.29, 1.82) is 0 Å². The molecule has 7 nitrogen and oxygen atoms in total. The molecule has 1 aromatic rings. The first kappa shape index (κ1) is 15.5. The minimum atomic E-state index is -3.62. The van der Waals surface area contributed by atoms with Gasteiger partial charge in [-0.15, -0.1) is 4.83 Å². The highest BCUT2D eigenvalue weighted by atomic mass is 32.2. The van der Waals surface area contributed by atoms with Gasteiger partial charge in [0.05, 0.1) is 6.54 Å². The average molecular weight is 302 g/mol. The normalized spacial score (nSPS) is 18.5. The molecule has 1 fully saturated rings. The number of sulfonamides is 1. The van der Waals surface area contributed by atoms with Gasteiger partial charge in [0, 0.05) is 26.2 Å². The van der Waals surface area contributed by atoms with Crippen LogP contribution in [0.2, 0.25) is 0 Å². The number of nitrogens with zero attached hydrogens (tertiary/aromatic N) is 2. The fourth-order valence-electron chi connectivity index (χ4n) is 1.96. The van der Waals surface area contributed by atoms with Gasteiger partial charge in [-0.3, -0.25) is 0 Å². The number of hydrazine groups is 1. The van der Waals surface area contributed by atoms with Crippen LogP contribution in [0.5, 0.6) is 0 Å². The summed E-state index contributed by atoms with van der Waals surface area (Å²) in [5.41, 5.74) is 0. The van der Waals surface area contributed by atoms with E-state index in [0.717, 1.165) is 19.6 Å². The topological polar surface area (TPSA) is 77.8 Å². The second kappa shape index (κ2) is 6.68. The molecule has 1 aliphatic rings. The van der Waals surface area contributed by atoms with Crippen molar-refractivity contribution >= 4 is 10.0 Å². The fraction of sp³-hybridized carbons (Fsp3) is 0.667. The average Bonchev–Trinajstić information content (AvgIpc) is 2.88. The smallest absolute Gasteiger partial charge is 0.286 e. The highest BCUT2D eigenvalue weighted by molar-refractivity contribution is 7.89. The Kier molecular flexibility index (Phi) is 5.17. The minimum Gasteiger partial charge on any atom is -0.447 e. The second-order valence-electron chi connectivity index (χ2n) is 4.89. The lowest BCUT2D eigenvalue weighted by Gasteiger charge is -2.31. The van der Waals surface area contributed by atoms with Crippen LogP contribution in [0.25, 0.3) is 0 Å². The first-order valence-corrected chi connectivity index (χ1v) is 8.25. The summed E-state index contributed by atoms with van der Waals surface area (Å²) in [7, 11) is -1.60. The van der Waals surface area contributed by atoms with Crippen LogP contribution in [-0.4, -0.2) is 58.1 Å². The van der Waals surface area contributed by atoms with E-state index in [1.54, 1.807) is 11.1 Å². The maximum Gasteiger partial charge on any atom is 0.286 e. The summed E-state index contributed by atoms with van der Waals surface area (Å²) in [4.78, 5) is 4.73. The van der Waals surface area contributed by atoms with Crippen LogP contribution in [0.3, 0.4) is 0 Å². The van der Waals surface area contributed by atoms with Gasteiger partial charge in [-0.25, -0.2) is 13.4 Å². The summed E-state index contributed by atoms with van der Waals surface area (Å²) in [5.74, 6) is 0.616. The predicted octanol–water partition coefficient (Wildman–Crippen LogP) is -0.170. The Labute approximate surface area is 119 Å². The first-order chi connectivity index (χ1) is 9.51. The SMILES string of the molecule is CCNCc1ccc(S(=O)(=O)NN2CCN(C)CC2)o1. The van der Waals surface area contributed by atoms with Crippen LogP contribution in [0, 0.1) is 0 Å². The fourth-order valence-corrected chi connectivity index (χ4v) is 3.03. The molecule has 20 heavy (non-hydrogen) atoms. The van der Waals surface area contributed by atoms with Crippen LogP contribution in [0.4, 0.5) is 0 Å². The molecular weight excluding hydrogens is 280 g/mol. The van der Waals surface area contributed by atoms with E-state index in [4.69, 9.17) is 4.42 Å². The van der Waals surface area contributed by atoms with Crippen LogP contribution in [0.15, 0.2) is 21.6 Å². The lowest BCUT2D eigenvalue weighted by atomic mass is 10.4. The molecule has 0 aromatic carbocycles. The molecule has 0 unspecified atom stereocenters. The summed E-state index contributed by atoms with van der Waals surface area (Å²) < 4.78 is 29.7. The van der Waals surface area contributed by atoms with Gasteiger partial charge in [-0.2, -0.15) is 0 Å². The summed E-state index contributed by atoms with van der Waals surface area (Å²) in [5, 5.41) is 4.76. The highest BCUT2D eigenvalue weighted by Crippen LogP contribution is 2.14. The lowest BCUT2D eigenvalue weighted by Crippen LogP contribution is -2.52. The van der Waals surface area contributed by atoms with Gasteiger partial charge in [-0.05, 0) is 25.7 Å². The largest absolute Gasteiger partial charge is 0.447 e. The number of hydrogen-bond donors (Lipinski definition) is 2. The Morgan fingerprint density at radius 1 is 1.25 bits per heavy atom. The molecule has 0 spiro atoms. The van der Waals surface area contributed by atoms with E-state index in [0.29, 0.717) is 25.4 Å². The number of hydrogen-bond acceptors (Lipinski definition) is 6. The molecule has 0 atom stereocenters. The van der Waals surface area contributed by atoms with Crippen molar-refractivity contribution in [2.45, 2.75) is 18.6 Å². The van der Waals surface area contributed by atoms with Crippen LogP contribution in [-0.2, 0) is 16.6 Å². The number of likely N-dealkylation sites (N-methyl/N-ethyl adjacent to an activating group) is 1. The minimum absolute atomic E-state index is 0.0377. The molecule has 0 amide bonds. The molecule has 0 aliphatic carbocycles. The van der Waals surface area contributed by atoms with Crippen molar-refractivity contribution in [3.63, 3.8) is 0 Å². The third-order valence-electron chi connectivity index (χ3n) is 3.20. The quantitative estimate of drug-likeness (QED) is 0.760. The molecule has 1 aliphatic heterocycles. The molecule has 0 radical (unpaired) electrons. The summed E-state index contributed by atoms with van der Waals surface area (Å²) >= 11 is 0. The molecule has 0 saturated carbocycles. The Balaban J connectivity index is 1.97. The molecule has 0 bridgehead atoms. The second-order valence-corrected chi connectivity index (χ2v) is 6.48. The predicted molar refractivity (Wildman–Crippen MR) is 75.5 cm³/mol. The Morgan fingerprint density at radius 3 is 2.60 bits per heavy atom. The molecule has 2 N–H and O–H groups in total. The van der Waals surface area contributed by atoms with Gasteiger partial charge < -0.3 is 14.6 Å².